The Morgan fingerprint density at radius 2 is 1.18 bits per heavy atom. The summed E-state index contributed by atoms with van der Waals surface area (Å²) in [6.45, 7) is 22.0. The highest BCUT2D eigenvalue weighted by Crippen LogP contribution is 2.51. The Bertz CT molecular complexity index is 2850. The van der Waals surface area contributed by atoms with E-state index in [4.69, 9.17) is 56.8 Å². The van der Waals surface area contributed by atoms with E-state index in [9.17, 15) is 22.9 Å². The van der Waals surface area contributed by atoms with Gasteiger partial charge in [0, 0.05) is 54.6 Å². The van der Waals surface area contributed by atoms with Crippen LogP contribution >= 0.6 is 0 Å². The molecule has 1 atom stereocenters. The number of nitrogens with zero attached hydrogens (tertiary/aromatic N) is 2. The minimum atomic E-state index is -4.46. The number of carboxylic acid groups (broad SMARTS) is 1. The first kappa shape index (κ1) is 71.9. The molecule has 88 heavy (non-hydrogen) atoms. The van der Waals surface area contributed by atoms with Crippen LogP contribution in [0.15, 0.2) is 119 Å². The Labute approximate surface area is 523 Å². The van der Waals surface area contributed by atoms with Crippen LogP contribution in [0.25, 0.3) is 0 Å². The quantitative estimate of drug-likeness (QED) is 0.0306. The number of anilines is 1. The number of allylic oxidation sites excluding steroid dienone is 7. The van der Waals surface area contributed by atoms with E-state index < -0.39 is 21.5 Å². The van der Waals surface area contributed by atoms with Crippen LogP contribution in [0.3, 0.4) is 0 Å². The van der Waals surface area contributed by atoms with E-state index >= 15 is 0 Å². The first-order valence-corrected chi connectivity index (χ1v) is 32.8. The van der Waals surface area contributed by atoms with E-state index in [0.717, 1.165) is 91.1 Å². The lowest BCUT2D eigenvalue weighted by Crippen LogP contribution is -2.29. The Kier molecular flexibility index (Phi) is 32.0. The van der Waals surface area contributed by atoms with E-state index in [2.05, 4.69) is 86.6 Å². The van der Waals surface area contributed by atoms with Gasteiger partial charge in [-0.3, -0.25) is 9.35 Å². The minimum Gasteiger partial charge on any atom is -0.481 e. The van der Waals surface area contributed by atoms with Gasteiger partial charge in [0.1, 0.15) is 18.1 Å². The van der Waals surface area contributed by atoms with Crippen LogP contribution < -0.4 is 9.64 Å². The van der Waals surface area contributed by atoms with Gasteiger partial charge in [0.15, 0.2) is 12.3 Å². The molecule has 3 aromatic carbocycles. The fourth-order valence-electron chi connectivity index (χ4n) is 11.1. The van der Waals surface area contributed by atoms with Crippen molar-refractivity contribution in [2.75, 3.05) is 164 Å². The van der Waals surface area contributed by atoms with Crippen molar-refractivity contribution < 1.29 is 84.3 Å². The molecule has 0 spiro atoms. The molecular weight excluding hydrogens is 1150 g/mol. The van der Waals surface area contributed by atoms with Gasteiger partial charge in [0.05, 0.1) is 142 Å². The van der Waals surface area contributed by atoms with E-state index in [1.165, 1.54) is 28.6 Å². The number of carboxylic acids is 1. The molecule has 3 aromatic rings. The molecule has 1 aliphatic carbocycles. The molecule has 0 amide bonds. The van der Waals surface area contributed by atoms with Crippen molar-refractivity contribution in [2.45, 2.75) is 108 Å². The number of aryl methyl sites for hydroxylation is 1. The van der Waals surface area contributed by atoms with Gasteiger partial charge in [-0.05, 0) is 125 Å². The van der Waals surface area contributed by atoms with E-state index in [1.54, 1.807) is 19.2 Å². The fourth-order valence-corrected chi connectivity index (χ4v) is 11.7. The van der Waals surface area contributed by atoms with Crippen molar-refractivity contribution in [3.05, 3.63) is 130 Å². The van der Waals surface area contributed by atoms with E-state index in [1.807, 2.05) is 30.3 Å². The predicted octanol–water partition coefficient (Wildman–Crippen LogP) is 10.5. The molecule has 20 heteroatoms. The van der Waals surface area contributed by atoms with Crippen molar-refractivity contribution in [1.82, 2.24) is 0 Å². The van der Waals surface area contributed by atoms with Gasteiger partial charge < -0.3 is 66.8 Å². The highest BCUT2D eigenvalue weighted by Gasteiger charge is 2.46. The third-order valence-corrected chi connectivity index (χ3v) is 16.5. The third-order valence-electron chi connectivity index (χ3n) is 15.6. The van der Waals surface area contributed by atoms with Gasteiger partial charge >= 0.3 is 5.97 Å². The summed E-state index contributed by atoms with van der Waals surface area (Å²) in [5, 5.41) is 9.32. The lowest BCUT2D eigenvalue weighted by molar-refractivity contribution is -0.442. The molecule has 19 nitrogen and oxygen atoms in total. The second kappa shape index (κ2) is 39.2. The molecule has 488 valence electrons. The Balaban J connectivity index is 0.987. The number of hydrogen-bond acceptors (Lipinski definition) is 16. The molecule has 3 aliphatic rings. The number of carbonyl (C=O) groups is 1. The number of hydrogen-bond donors (Lipinski definition) is 2. The largest absolute Gasteiger partial charge is 0.481 e. The SMILES string of the molecule is CCCC1(C)C(=CC=C2CCCC(C=CC3=[N+](CCOCCOCCOCCOCCOCCOCCOCCOCCOCCOCCOC)c4ccc(S(=O)(=O)O)cc4C3(C)C)=C2Oc2ccccc2)N(CCCCCC(=O)O)c2ccc(C)cc21. The third kappa shape index (κ3) is 23.3. The zero-order valence-electron chi connectivity index (χ0n) is 53.1. The molecule has 2 N–H and O–H groups in total. The predicted molar refractivity (Wildman–Crippen MR) is 339 cm³/mol. The summed E-state index contributed by atoms with van der Waals surface area (Å²) >= 11 is 0. The first-order chi connectivity index (χ1) is 42.7. The molecule has 2 aliphatic heterocycles. The average Bonchev–Trinajstić information content (AvgIpc) is 1.86. The van der Waals surface area contributed by atoms with Crippen LogP contribution in [0.5, 0.6) is 5.75 Å². The molecule has 2 heterocycles. The average molecular weight is 1250 g/mol. The molecular formula is C68H99N2O17S+. The Morgan fingerprint density at radius 1 is 0.636 bits per heavy atom. The van der Waals surface area contributed by atoms with E-state index in [0.29, 0.717) is 152 Å². The van der Waals surface area contributed by atoms with Crippen molar-refractivity contribution in [1.29, 1.82) is 0 Å². The molecule has 0 radical (unpaired) electrons. The maximum atomic E-state index is 12.5. The van der Waals surface area contributed by atoms with Crippen LogP contribution in [0, 0.1) is 6.92 Å². The molecule has 0 saturated carbocycles. The zero-order chi connectivity index (χ0) is 62.9. The van der Waals surface area contributed by atoms with Crippen molar-refractivity contribution in [3.63, 3.8) is 0 Å². The molecule has 0 fully saturated rings. The summed E-state index contributed by atoms with van der Waals surface area (Å²) in [7, 11) is -2.82. The number of para-hydroxylation sites is 1. The lowest BCUT2D eigenvalue weighted by atomic mass is 9.77. The normalized spacial score (nSPS) is 17.6. The summed E-state index contributed by atoms with van der Waals surface area (Å²) in [4.78, 5) is 13.6. The van der Waals surface area contributed by atoms with Crippen LogP contribution in [-0.2, 0) is 77.8 Å². The molecule has 0 bridgehead atoms. The zero-order valence-corrected chi connectivity index (χ0v) is 53.9. The Morgan fingerprint density at radius 3 is 1.70 bits per heavy atom. The van der Waals surface area contributed by atoms with Crippen LogP contribution in [-0.4, -0.2) is 193 Å². The highest BCUT2D eigenvalue weighted by molar-refractivity contribution is 7.85. The van der Waals surface area contributed by atoms with Crippen molar-refractivity contribution in [3.8, 4) is 5.75 Å². The summed E-state index contributed by atoms with van der Waals surface area (Å²) in [6.07, 6.45) is 15.8. The smallest absolute Gasteiger partial charge is 0.303 e. The number of fused-ring (bicyclic) bond motifs is 2. The van der Waals surface area contributed by atoms with Crippen molar-refractivity contribution >= 4 is 33.2 Å². The lowest BCUT2D eigenvalue weighted by Gasteiger charge is -2.30. The molecule has 0 aromatic heterocycles. The number of benzene rings is 3. The minimum absolute atomic E-state index is 0.158. The van der Waals surface area contributed by atoms with Gasteiger partial charge in [0.25, 0.3) is 10.1 Å². The van der Waals surface area contributed by atoms with Crippen LogP contribution in [0.4, 0.5) is 11.4 Å². The second-order valence-corrected chi connectivity index (χ2v) is 24.0. The molecule has 6 rings (SSSR count). The summed E-state index contributed by atoms with van der Waals surface area (Å²) in [6, 6.07) is 21.4. The summed E-state index contributed by atoms with van der Waals surface area (Å²) in [5.74, 6) is 0.774. The monoisotopic (exact) mass is 1250 g/mol. The standard InChI is InChI=1S/C68H98N2O17S/c1-7-28-68(5)60-52-54(2)20-24-62(60)69(29-13-9-12-19-65(71)72)64(68)27-22-56-16-14-15-55(66(56)87-57-17-10-8-11-18-57)21-26-63-67(3,4)59-53-58(88(73,74)75)23-25-61(59)70(63)30-31-77-34-35-79-38-39-81-42-43-83-46-47-85-50-51-86-49-48-84-45-44-82-41-40-80-37-36-78-33-32-76-6/h8,10-11,17-18,20-27,52-53H,7,9,12-16,19,28-51H2,1-6H3,(H-,71,72,73,74,75)/p+1. The Hall–Kier alpha value is -5.17. The molecule has 0 saturated heterocycles. The van der Waals surface area contributed by atoms with Gasteiger partial charge in [-0.15, -0.1) is 0 Å². The molecule has 1 unspecified atom stereocenters. The van der Waals surface area contributed by atoms with E-state index in [-0.39, 0.29) is 16.7 Å². The topological polar surface area (TPSA) is 209 Å². The maximum absolute atomic E-state index is 12.5. The van der Waals surface area contributed by atoms with Gasteiger partial charge in [-0.1, -0.05) is 61.7 Å². The number of methoxy groups -OCH3 is 1. The maximum Gasteiger partial charge on any atom is 0.303 e. The number of unbranched alkanes of at least 4 members (excludes halogenated alkanes) is 2. The summed E-state index contributed by atoms with van der Waals surface area (Å²) in [5.41, 5.74) is 8.76. The number of aliphatic carboxylic acids is 1. The van der Waals surface area contributed by atoms with Crippen LogP contribution in [0.2, 0.25) is 0 Å². The van der Waals surface area contributed by atoms with Gasteiger partial charge in [-0.25, -0.2) is 0 Å². The van der Waals surface area contributed by atoms with Gasteiger partial charge in [-0.2, -0.15) is 13.0 Å². The fraction of sp³-hybridized carbons (Fsp3) is 0.588. The number of ether oxygens (including phenoxy) is 12. The van der Waals surface area contributed by atoms with Crippen molar-refractivity contribution in [2.24, 2.45) is 0 Å². The highest BCUT2D eigenvalue weighted by atomic mass is 32.2. The summed E-state index contributed by atoms with van der Waals surface area (Å²) < 4.78 is 105. The van der Waals surface area contributed by atoms with Gasteiger partial charge in [0.2, 0.25) is 5.69 Å². The second-order valence-electron chi connectivity index (χ2n) is 22.6. The first-order valence-electron chi connectivity index (χ1n) is 31.4. The van der Waals surface area contributed by atoms with Crippen LogP contribution in [0.1, 0.15) is 102 Å². The number of rotatable bonds is 47.